The Morgan fingerprint density at radius 2 is 1.13 bits per heavy atom. The molecular weight excluding hydrogens is 766 g/mol. The van der Waals surface area contributed by atoms with Crippen LogP contribution in [0.1, 0.15) is 45.9 Å². The third-order valence-electron chi connectivity index (χ3n) is 4.93. The number of hydrogen-bond donors (Lipinski definition) is 0. The van der Waals surface area contributed by atoms with Crippen LogP contribution < -0.4 is 6.25 Å². The molecule has 0 bridgehead atoms. The first-order chi connectivity index (χ1) is 14.2. The van der Waals surface area contributed by atoms with Gasteiger partial charge in [-0.2, -0.15) is 17.7 Å². The molecule has 3 aromatic carbocycles. The molecule has 0 spiro atoms. The van der Waals surface area contributed by atoms with Gasteiger partial charge in [-0.3, -0.25) is 0 Å². The van der Waals surface area contributed by atoms with E-state index in [0.29, 0.717) is 0 Å². The van der Waals surface area contributed by atoms with E-state index < -0.39 is 21.5 Å². The first-order valence-corrected chi connectivity index (χ1v) is 19.8. The summed E-state index contributed by atoms with van der Waals surface area (Å²) in [6, 6.07) is 17.5. The number of benzene rings is 2. The topological polar surface area (TPSA) is 17.1 Å². The Kier molecular flexibility index (Phi) is 12.4. The van der Waals surface area contributed by atoms with Gasteiger partial charge in [0.25, 0.3) is 0 Å². The predicted octanol–water partition coefficient (Wildman–Crippen LogP) is 5.45. The minimum atomic E-state index is -2.48. The van der Waals surface area contributed by atoms with Crippen LogP contribution >= 0.6 is 8.32 Å². The molecule has 0 aliphatic heterocycles. The molecule has 163 valence electrons. The van der Waals surface area contributed by atoms with Crippen LogP contribution in [-0.2, 0) is 30.6 Å². The van der Waals surface area contributed by atoms with Crippen LogP contribution in [0.2, 0.25) is 0 Å². The molecule has 0 unspecified atom stereocenters. The van der Waals surface area contributed by atoms with E-state index >= 15 is 0 Å². The zero-order chi connectivity index (χ0) is 22.8. The van der Waals surface area contributed by atoms with Crippen LogP contribution in [0.3, 0.4) is 0 Å². The zero-order valence-corrected chi connectivity index (χ0v) is 25.8. The van der Waals surface area contributed by atoms with Gasteiger partial charge in [-0.05, 0) is 0 Å². The summed E-state index contributed by atoms with van der Waals surface area (Å²) in [6.07, 6.45) is 1.16. The summed E-state index contributed by atoms with van der Waals surface area (Å²) in [6.45, 7) is 15.3. The molecule has 3 aromatic rings. The minimum absolute atomic E-state index is 1.16. The van der Waals surface area contributed by atoms with Crippen LogP contribution in [0, 0.1) is 41.5 Å². The van der Waals surface area contributed by atoms with Crippen molar-refractivity contribution in [2.45, 2.75) is 54.9 Å². The van der Waals surface area contributed by atoms with E-state index in [1.54, 1.807) is 0 Å². The molecular formula is C26H31ClOPbPt-. The molecule has 1 radical (unpaired) electrons. The van der Waals surface area contributed by atoms with Crippen molar-refractivity contribution in [1.82, 2.24) is 0 Å². The Morgan fingerprint density at radius 1 is 0.833 bits per heavy atom. The van der Waals surface area contributed by atoms with Crippen molar-refractivity contribution in [2.75, 3.05) is 0 Å². The van der Waals surface area contributed by atoms with E-state index in [-0.39, 0.29) is 0 Å². The SMILES string of the molecule is CC[c-]1cccc1.Cc1cc(C)[c]([Pb]([Cl])[c]2c(C)cc(C)cc2C)c(C)c1.O=[C]=[Pt]. The van der Waals surface area contributed by atoms with Crippen molar-refractivity contribution in [2.24, 2.45) is 0 Å². The van der Waals surface area contributed by atoms with Gasteiger partial charge in [-0.1, -0.05) is 13.3 Å². The van der Waals surface area contributed by atoms with Gasteiger partial charge in [0.1, 0.15) is 0 Å². The van der Waals surface area contributed by atoms with Gasteiger partial charge in [0.05, 0.1) is 0 Å². The van der Waals surface area contributed by atoms with Crippen molar-refractivity contribution < 1.29 is 24.1 Å². The Morgan fingerprint density at radius 3 is 1.37 bits per heavy atom. The third kappa shape index (κ3) is 8.08. The van der Waals surface area contributed by atoms with Crippen molar-refractivity contribution >= 4 is 40.3 Å². The molecule has 30 heavy (non-hydrogen) atoms. The van der Waals surface area contributed by atoms with Crippen LogP contribution in [0.5, 0.6) is 0 Å². The van der Waals surface area contributed by atoms with Crippen molar-refractivity contribution in [1.29, 1.82) is 0 Å². The Balaban J connectivity index is 0.000000372. The van der Waals surface area contributed by atoms with Gasteiger partial charge >= 0.3 is 164 Å². The van der Waals surface area contributed by atoms with Gasteiger partial charge in [0, 0.05) is 0 Å². The monoisotopic (exact) mass is 797 g/mol. The summed E-state index contributed by atoms with van der Waals surface area (Å²) in [5.41, 5.74) is 9.59. The molecule has 0 amide bonds. The summed E-state index contributed by atoms with van der Waals surface area (Å²) >= 11 is -1.01. The Hall–Kier alpha value is -0.730. The molecule has 0 fully saturated rings. The molecule has 0 saturated heterocycles. The first-order valence-electron chi connectivity index (χ1n) is 10.00. The average molecular weight is 797 g/mol. The van der Waals surface area contributed by atoms with Crippen molar-refractivity contribution in [3.05, 3.63) is 87.5 Å². The third-order valence-corrected chi connectivity index (χ3v) is 17.8. The van der Waals surface area contributed by atoms with Crippen molar-refractivity contribution in [3.63, 3.8) is 0 Å². The van der Waals surface area contributed by atoms with Gasteiger partial charge in [0.2, 0.25) is 0 Å². The van der Waals surface area contributed by atoms with Gasteiger partial charge in [-0.15, -0.1) is 0 Å². The van der Waals surface area contributed by atoms with Gasteiger partial charge in [0.15, 0.2) is 0 Å². The van der Waals surface area contributed by atoms with E-state index in [4.69, 9.17) is 13.1 Å². The van der Waals surface area contributed by atoms with E-state index in [9.17, 15) is 0 Å². The van der Waals surface area contributed by atoms with E-state index in [1.807, 2.05) is 0 Å². The number of carbonyl (C=O) groups excluding carboxylic acids is 1. The fourth-order valence-electron chi connectivity index (χ4n) is 3.83. The Labute approximate surface area is 205 Å². The summed E-state index contributed by atoms with van der Waals surface area (Å²) < 4.78 is 4.41. The average Bonchev–Trinajstić information content (AvgIpc) is 3.15. The molecule has 0 N–H and O–H groups in total. The van der Waals surface area contributed by atoms with Crippen LogP contribution in [0.15, 0.2) is 48.5 Å². The van der Waals surface area contributed by atoms with Crippen LogP contribution in [0.25, 0.3) is 0 Å². The standard InChI is InChI=1S/2C9H11.C7H9.CO.ClH.Pb.Pt/c2*1-7-4-8(2)6-9(3)5-7;1-2-7-5-3-4-6-7;1-2;;;/h2*4-5H,1-3H3;3-6H,2H2,1H3;;1H;;/q;;-1;;;+1;/p-1. The molecule has 0 saturated carbocycles. The molecule has 0 aliphatic rings. The second kappa shape index (κ2) is 13.6. The van der Waals surface area contributed by atoms with E-state index in [2.05, 4.69) is 97.0 Å². The maximum absolute atomic E-state index is 8.67. The van der Waals surface area contributed by atoms with Crippen molar-refractivity contribution in [3.8, 4) is 0 Å². The Bertz CT molecular complexity index is 883. The van der Waals surface area contributed by atoms with Crippen LogP contribution in [-0.4, -0.2) is 25.7 Å². The summed E-state index contributed by atoms with van der Waals surface area (Å²) in [4.78, 5) is 8.67. The normalized spacial score (nSPS) is 9.97. The molecule has 0 atom stereocenters. The fourth-order valence-corrected chi connectivity index (χ4v) is 16.5. The molecule has 3 rings (SSSR count). The summed E-state index contributed by atoms with van der Waals surface area (Å²) in [7, 11) is 7.07. The second-order valence-corrected chi connectivity index (χ2v) is 17.7. The number of aryl methyl sites for hydroxylation is 7. The molecule has 1 nitrogen and oxygen atoms in total. The van der Waals surface area contributed by atoms with Gasteiger partial charge in [-0.25, -0.2) is 12.1 Å². The predicted molar refractivity (Wildman–Crippen MR) is 129 cm³/mol. The molecule has 4 heteroatoms. The number of halogens is 1. The van der Waals surface area contributed by atoms with Gasteiger partial charge < -0.3 is 0 Å². The number of hydrogen-bond acceptors (Lipinski definition) is 1. The maximum atomic E-state index is 8.67. The number of rotatable bonds is 3. The van der Waals surface area contributed by atoms with E-state index in [1.165, 1.54) is 68.8 Å². The fraction of sp³-hybridized carbons (Fsp3) is 0.308. The quantitative estimate of drug-likeness (QED) is 0.255. The molecule has 0 aliphatic carbocycles. The molecule has 0 heterocycles. The second-order valence-electron chi connectivity index (χ2n) is 7.57. The summed E-state index contributed by atoms with van der Waals surface area (Å²) in [5.74, 6) is 0. The molecule has 0 aromatic heterocycles. The van der Waals surface area contributed by atoms with E-state index in [0.717, 1.165) is 6.42 Å². The summed E-state index contributed by atoms with van der Waals surface area (Å²) in [5, 5.41) is 0. The van der Waals surface area contributed by atoms with Crippen LogP contribution in [0.4, 0.5) is 0 Å². The zero-order valence-electron chi connectivity index (χ0n) is 18.9. The first kappa shape index (κ1) is 27.3.